The Balaban J connectivity index is 3.38. The van der Waals surface area contributed by atoms with Crippen LogP contribution in [-0.4, -0.2) is 37.0 Å². The molecular formula is C48H92O4. The third kappa shape index (κ3) is 43.3. The van der Waals surface area contributed by atoms with Gasteiger partial charge in [0, 0.05) is 13.0 Å². The molecule has 1 N–H and O–H groups in total. The fourth-order valence-electron chi connectivity index (χ4n) is 7.01. The van der Waals surface area contributed by atoms with Crippen molar-refractivity contribution in [2.75, 3.05) is 19.8 Å². The monoisotopic (exact) mass is 733 g/mol. The normalized spacial score (nSPS) is 12.4. The molecule has 0 aromatic heterocycles. The van der Waals surface area contributed by atoms with E-state index in [1.54, 1.807) is 0 Å². The Morgan fingerprint density at radius 1 is 0.462 bits per heavy atom. The molecule has 0 aliphatic rings. The van der Waals surface area contributed by atoms with E-state index in [0.29, 0.717) is 19.6 Å². The largest absolute Gasteiger partial charge is 0.457 e. The van der Waals surface area contributed by atoms with Gasteiger partial charge >= 0.3 is 5.97 Å². The quantitative estimate of drug-likeness (QED) is 0.0385. The Morgan fingerprint density at radius 2 is 0.808 bits per heavy atom. The molecule has 4 nitrogen and oxygen atoms in total. The summed E-state index contributed by atoms with van der Waals surface area (Å²) in [7, 11) is 0. The Morgan fingerprint density at radius 3 is 1.19 bits per heavy atom. The fraction of sp³-hybridized carbons (Fsp3) is 0.896. The van der Waals surface area contributed by atoms with E-state index in [1.165, 1.54) is 205 Å². The molecule has 1 unspecified atom stereocenters. The zero-order chi connectivity index (χ0) is 37.7. The number of esters is 1. The highest BCUT2D eigenvalue weighted by Gasteiger charge is 2.13. The highest BCUT2D eigenvalue weighted by Crippen LogP contribution is 2.15. The van der Waals surface area contributed by atoms with Crippen molar-refractivity contribution in [1.29, 1.82) is 0 Å². The average molecular weight is 733 g/mol. The number of rotatable bonds is 44. The molecule has 0 aliphatic carbocycles. The van der Waals surface area contributed by atoms with E-state index in [-0.39, 0.29) is 12.6 Å². The van der Waals surface area contributed by atoms with Gasteiger partial charge in [-0.2, -0.15) is 0 Å². The lowest BCUT2D eigenvalue weighted by Crippen LogP contribution is -2.27. The van der Waals surface area contributed by atoms with Gasteiger partial charge in [0.15, 0.2) is 0 Å². The van der Waals surface area contributed by atoms with Crippen LogP contribution >= 0.6 is 0 Å². The van der Waals surface area contributed by atoms with Gasteiger partial charge in [0.05, 0.1) is 13.2 Å². The Kier molecular flexibility index (Phi) is 45.0. The van der Waals surface area contributed by atoms with Crippen LogP contribution in [0.25, 0.3) is 0 Å². The van der Waals surface area contributed by atoms with E-state index in [2.05, 4.69) is 38.2 Å². The van der Waals surface area contributed by atoms with Crippen LogP contribution in [0.3, 0.4) is 0 Å². The molecule has 4 heteroatoms. The van der Waals surface area contributed by atoms with Gasteiger partial charge in [-0.1, -0.05) is 224 Å². The first-order valence-electron chi connectivity index (χ1n) is 23.4. The van der Waals surface area contributed by atoms with E-state index < -0.39 is 6.10 Å². The molecule has 0 spiro atoms. The second kappa shape index (κ2) is 46.0. The Bertz CT molecular complexity index is 732. The SMILES string of the molecule is CCCCCCC/C=C\C/C=C\CCCCCCCCCCCCCCCC(=O)OC(CO)COCCCCCCCCCCCCCCCCC. The molecule has 0 fully saturated rings. The summed E-state index contributed by atoms with van der Waals surface area (Å²) in [5.41, 5.74) is 0. The minimum atomic E-state index is -0.530. The molecule has 0 radical (unpaired) electrons. The third-order valence-electron chi connectivity index (χ3n) is 10.5. The second-order valence-electron chi connectivity index (χ2n) is 15.8. The van der Waals surface area contributed by atoms with E-state index in [0.717, 1.165) is 25.7 Å². The first kappa shape index (κ1) is 50.9. The second-order valence-corrected chi connectivity index (χ2v) is 15.8. The third-order valence-corrected chi connectivity index (χ3v) is 10.5. The maximum absolute atomic E-state index is 12.2. The summed E-state index contributed by atoms with van der Waals surface area (Å²) in [6.07, 6.45) is 56.8. The minimum Gasteiger partial charge on any atom is -0.457 e. The lowest BCUT2D eigenvalue weighted by Gasteiger charge is -2.16. The molecule has 0 bridgehead atoms. The van der Waals surface area contributed by atoms with Gasteiger partial charge in [-0.25, -0.2) is 0 Å². The summed E-state index contributed by atoms with van der Waals surface area (Å²) in [5, 5.41) is 9.61. The lowest BCUT2D eigenvalue weighted by atomic mass is 10.0. The summed E-state index contributed by atoms with van der Waals surface area (Å²) in [4.78, 5) is 12.2. The van der Waals surface area contributed by atoms with Crippen molar-refractivity contribution in [1.82, 2.24) is 0 Å². The number of hydrogen-bond acceptors (Lipinski definition) is 4. The van der Waals surface area contributed by atoms with Crippen molar-refractivity contribution < 1.29 is 19.4 Å². The van der Waals surface area contributed by atoms with Crippen LogP contribution in [0.1, 0.15) is 251 Å². The molecule has 1 atom stereocenters. The summed E-state index contributed by atoms with van der Waals surface area (Å²) in [6, 6.07) is 0. The van der Waals surface area contributed by atoms with Crippen LogP contribution in [0.15, 0.2) is 24.3 Å². The molecule has 0 rings (SSSR count). The van der Waals surface area contributed by atoms with E-state index in [4.69, 9.17) is 9.47 Å². The summed E-state index contributed by atoms with van der Waals surface area (Å²) >= 11 is 0. The van der Waals surface area contributed by atoms with Crippen molar-refractivity contribution in [2.45, 2.75) is 258 Å². The topological polar surface area (TPSA) is 55.8 Å². The molecule has 0 aromatic rings. The first-order chi connectivity index (χ1) is 25.7. The van der Waals surface area contributed by atoms with Gasteiger partial charge in [0.25, 0.3) is 0 Å². The minimum absolute atomic E-state index is 0.167. The van der Waals surface area contributed by atoms with Crippen LogP contribution in [0.4, 0.5) is 0 Å². The van der Waals surface area contributed by atoms with E-state index in [9.17, 15) is 9.90 Å². The number of carbonyl (C=O) groups excluding carboxylic acids is 1. The first-order valence-corrected chi connectivity index (χ1v) is 23.4. The van der Waals surface area contributed by atoms with Crippen LogP contribution in [0.2, 0.25) is 0 Å². The number of allylic oxidation sites excluding steroid dienone is 4. The highest BCUT2D eigenvalue weighted by molar-refractivity contribution is 5.69. The number of hydrogen-bond donors (Lipinski definition) is 1. The van der Waals surface area contributed by atoms with Gasteiger partial charge < -0.3 is 14.6 Å². The molecule has 0 amide bonds. The van der Waals surface area contributed by atoms with Crippen LogP contribution in [0, 0.1) is 0 Å². The molecule has 0 aromatic carbocycles. The van der Waals surface area contributed by atoms with Crippen LogP contribution < -0.4 is 0 Å². The summed E-state index contributed by atoms with van der Waals surface area (Å²) < 4.78 is 11.2. The zero-order valence-electron chi connectivity index (χ0n) is 35.3. The molecule has 0 saturated heterocycles. The van der Waals surface area contributed by atoms with Gasteiger partial charge in [-0.3, -0.25) is 4.79 Å². The van der Waals surface area contributed by atoms with E-state index in [1.807, 2.05) is 0 Å². The molecular weight excluding hydrogens is 641 g/mol. The smallest absolute Gasteiger partial charge is 0.306 e. The standard InChI is InChI=1S/C48H92O4/c1-3-5-7-9-11-13-15-17-19-20-21-22-23-24-25-26-27-28-29-31-33-35-37-39-41-43-48(50)52-47(45-49)46-51-44-42-40-38-36-34-32-30-18-16-14-12-10-8-6-4-2/h15,17,20-21,47,49H,3-14,16,18-19,22-46H2,1-2H3/b17-15-,21-20-. The molecule has 0 saturated carbocycles. The van der Waals surface area contributed by atoms with Crippen LogP contribution in [-0.2, 0) is 14.3 Å². The van der Waals surface area contributed by atoms with Crippen LogP contribution in [0.5, 0.6) is 0 Å². The Labute approximate surface area is 326 Å². The van der Waals surface area contributed by atoms with Gasteiger partial charge in [0.2, 0.25) is 0 Å². The maximum atomic E-state index is 12.2. The highest BCUT2D eigenvalue weighted by atomic mass is 16.6. The lowest BCUT2D eigenvalue weighted by molar-refractivity contribution is -0.154. The summed E-state index contributed by atoms with van der Waals surface area (Å²) in [5.74, 6) is -0.197. The number of aliphatic hydroxyl groups is 1. The van der Waals surface area contributed by atoms with Crippen molar-refractivity contribution in [2.24, 2.45) is 0 Å². The van der Waals surface area contributed by atoms with Gasteiger partial charge in [0.1, 0.15) is 6.10 Å². The van der Waals surface area contributed by atoms with Crippen molar-refractivity contribution >= 4 is 5.97 Å². The predicted molar refractivity (Wildman–Crippen MR) is 228 cm³/mol. The molecule has 0 aliphatic heterocycles. The molecule has 52 heavy (non-hydrogen) atoms. The predicted octanol–water partition coefficient (Wildman–Crippen LogP) is 15.5. The van der Waals surface area contributed by atoms with Gasteiger partial charge in [-0.05, 0) is 44.9 Å². The number of ether oxygens (including phenoxy) is 2. The van der Waals surface area contributed by atoms with E-state index >= 15 is 0 Å². The fourth-order valence-corrected chi connectivity index (χ4v) is 7.01. The number of carbonyl (C=O) groups is 1. The van der Waals surface area contributed by atoms with Crippen molar-refractivity contribution in [3.05, 3.63) is 24.3 Å². The number of unbranched alkanes of at least 4 members (excludes halogenated alkanes) is 32. The zero-order valence-corrected chi connectivity index (χ0v) is 35.3. The number of aliphatic hydroxyl groups excluding tert-OH is 1. The maximum Gasteiger partial charge on any atom is 0.306 e. The molecule has 0 heterocycles. The van der Waals surface area contributed by atoms with Crippen molar-refractivity contribution in [3.8, 4) is 0 Å². The van der Waals surface area contributed by atoms with Gasteiger partial charge in [-0.15, -0.1) is 0 Å². The molecule has 308 valence electrons. The average Bonchev–Trinajstić information content (AvgIpc) is 3.15. The van der Waals surface area contributed by atoms with Crippen molar-refractivity contribution in [3.63, 3.8) is 0 Å². The Hall–Kier alpha value is -1.13. The summed E-state index contributed by atoms with van der Waals surface area (Å²) in [6.45, 7) is 5.38.